The molecule has 0 saturated heterocycles. The molecule has 0 saturated carbocycles. The average Bonchev–Trinajstić information content (AvgIpc) is 2.34. The fraction of sp³-hybridized carbons (Fsp3) is 0.636. The largest absolute Gasteiger partial charge is 1.00 e. The van der Waals surface area contributed by atoms with E-state index in [-0.39, 0.29) is 37.2 Å². The summed E-state index contributed by atoms with van der Waals surface area (Å²) >= 11 is 1.65. The Labute approximate surface area is 127 Å². The predicted molar refractivity (Wildman–Crippen MR) is 49.7 cm³/mol. The molecule has 1 rings (SSSR count). The average molecular weight is 347 g/mol. The molecule has 0 aliphatic heterocycles. The fourth-order valence-electron chi connectivity index (χ4n) is 1.70. The van der Waals surface area contributed by atoms with Crippen LogP contribution in [0.5, 0.6) is 0 Å². The Hall–Kier alpha value is 1.23. The zero-order valence-corrected chi connectivity index (χ0v) is 13.9. The van der Waals surface area contributed by atoms with Crippen LogP contribution in [0.15, 0.2) is 23.8 Å². The molecule has 1 aliphatic carbocycles. The van der Waals surface area contributed by atoms with Gasteiger partial charge in [0.25, 0.3) is 0 Å². The van der Waals surface area contributed by atoms with E-state index in [1.165, 1.54) is 25.7 Å². The number of hydrogen-bond acceptors (Lipinski definition) is 0. The van der Waals surface area contributed by atoms with Crippen molar-refractivity contribution in [1.29, 1.82) is 0 Å². The molecule has 0 bridgehead atoms. The van der Waals surface area contributed by atoms with E-state index in [1.54, 1.807) is 30.3 Å². The summed E-state index contributed by atoms with van der Waals surface area (Å²) in [5.74, 6) is 0. The second-order valence-corrected chi connectivity index (χ2v) is 5.88. The van der Waals surface area contributed by atoms with Crippen LogP contribution in [0.4, 0.5) is 0 Å². The standard InChI is InChI=1S/C11H17.3ClH.Zr/c1-3-5-10-7-8-11(9-10)6-4-2;;;;/h7-9H,3-6H2,1-2H3;3*1H;/q;;;;+3/p-3. The number of allylic oxidation sites excluding steroid dienone is 4. The Kier molecular flexibility index (Phi) is 14.9. The minimum absolute atomic E-state index is 0. The molecule has 0 N–H and O–H groups in total. The van der Waals surface area contributed by atoms with Crippen molar-refractivity contribution in [2.24, 2.45) is 0 Å². The van der Waals surface area contributed by atoms with Gasteiger partial charge in [0.2, 0.25) is 0 Å². The summed E-state index contributed by atoms with van der Waals surface area (Å²) in [6.07, 6.45) is 12.4. The molecular weight excluding hydrogens is 330 g/mol. The smallest absolute Gasteiger partial charge is 1.00 e. The Balaban J connectivity index is -0.000000480. The van der Waals surface area contributed by atoms with Gasteiger partial charge in [-0.2, -0.15) is 0 Å². The van der Waals surface area contributed by atoms with Crippen LogP contribution in [0, 0.1) is 0 Å². The first kappa shape index (κ1) is 21.5. The van der Waals surface area contributed by atoms with Gasteiger partial charge in [0.15, 0.2) is 0 Å². The van der Waals surface area contributed by atoms with Crippen LogP contribution < -0.4 is 37.2 Å². The zero-order chi connectivity index (χ0) is 9.03. The van der Waals surface area contributed by atoms with Crippen LogP contribution in [0.1, 0.15) is 39.5 Å². The molecule has 1 atom stereocenters. The zero-order valence-electron chi connectivity index (χ0n) is 9.19. The minimum Gasteiger partial charge on any atom is -1.00 e. The molecule has 0 amide bonds. The molecule has 1 unspecified atom stereocenters. The maximum absolute atomic E-state index is 2.48. The number of halogens is 3. The van der Waals surface area contributed by atoms with Gasteiger partial charge in [-0.3, -0.25) is 0 Å². The minimum atomic E-state index is 0. The molecular formula is C11H17Cl3Zr. The second-order valence-electron chi connectivity index (χ2n) is 3.59. The Bertz CT molecular complexity index is 214. The van der Waals surface area contributed by atoms with E-state index in [0.717, 1.165) is 0 Å². The van der Waals surface area contributed by atoms with Gasteiger partial charge in [-0.05, 0) is 0 Å². The summed E-state index contributed by atoms with van der Waals surface area (Å²) in [7, 11) is 0. The molecule has 0 heterocycles. The first-order valence-corrected chi connectivity index (χ1v) is 6.09. The van der Waals surface area contributed by atoms with Crippen LogP contribution in [0.2, 0.25) is 3.12 Å². The van der Waals surface area contributed by atoms with Crippen molar-refractivity contribution in [3.05, 3.63) is 23.8 Å². The van der Waals surface area contributed by atoms with Crippen LogP contribution in [0.3, 0.4) is 0 Å². The Morgan fingerprint density at radius 2 is 1.73 bits per heavy atom. The molecule has 0 nitrogen and oxygen atoms in total. The summed E-state index contributed by atoms with van der Waals surface area (Å²) < 4.78 is 0.464. The van der Waals surface area contributed by atoms with Gasteiger partial charge in [0, 0.05) is 0 Å². The fourth-order valence-corrected chi connectivity index (χ4v) is 2.97. The molecule has 0 fully saturated rings. The Morgan fingerprint density at radius 3 is 2.20 bits per heavy atom. The summed E-state index contributed by atoms with van der Waals surface area (Å²) in [4.78, 5) is 0. The van der Waals surface area contributed by atoms with Gasteiger partial charge < -0.3 is 37.2 Å². The van der Waals surface area contributed by atoms with E-state index in [2.05, 4.69) is 32.1 Å². The monoisotopic (exact) mass is 344 g/mol. The normalized spacial score (nSPS) is 22.3. The van der Waals surface area contributed by atoms with E-state index < -0.39 is 0 Å². The molecule has 0 spiro atoms. The van der Waals surface area contributed by atoms with Crippen LogP contribution in [0.25, 0.3) is 0 Å². The van der Waals surface area contributed by atoms with E-state index in [4.69, 9.17) is 0 Å². The van der Waals surface area contributed by atoms with Crippen molar-refractivity contribution in [2.75, 3.05) is 0 Å². The Morgan fingerprint density at radius 1 is 1.13 bits per heavy atom. The van der Waals surface area contributed by atoms with E-state index >= 15 is 0 Å². The van der Waals surface area contributed by atoms with Crippen molar-refractivity contribution in [2.45, 2.75) is 42.7 Å². The van der Waals surface area contributed by atoms with Gasteiger partial charge in [-0.1, -0.05) is 0 Å². The van der Waals surface area contributed by atoms with Crippen molar-refractivity contribution in [3.8, 4) is 0 Å². The number of rotatable bonds is 4. The van der Waals surface area contributed by atoms with Crippen LogP contribution in [-0.2, 0) is 24.7 Å². The van der Waals surface area contributed by atoms with Crippen LogP contribution >= 0.6 is 0 Å². The molecule has 15 heavy (non-hydrogen) atoms. The molecule has 0 radical (unpaired) electrons. The summed E-state index contributed by atoms with van der Waals surface area (Å²) in [5.41, 5.74) is 1.56. The quantitative estimate of drug-likeness (QED) is 0.477. The molecule has 1 aliphatic rings. The van der Waals surface area contributed by atoms with Crippen molar-refractivity contribution >= 4 is 0 Å². The molecule has 0 aromatic carbocycles. The van der Waals surface area contributed by atoms with Gasteiger partial charge >= 0.3 is 91.2 Å². The maximum Gasteiger partial charge on any atom is -1.00 e. The molecule has 0 aromatic heterocycles. The second kappa shape index (κ2) is 10.4. The van der Waals surface area contributed by atoms with E-state index in [1.807, 2.05) is 0 Å². The van der Waals surface area contributed by atoms with Gasteiger partial charge in [0.1, 0.15) is 0 Å². The van der Waals surface area contributed by atoms with Crippen molar-refractivity contribution in [3.63, 3.8) is 0 Å². The van der Waals surface area contributed by atoms with Crippen molar-refractivity contribution < 1.29 is 61.9 Å². The maximum atomic E-state index is 2.48. The summed E-state index contributed by atoms with van der Waals surface area (Å²) in [5, 5.41) is 0. The third kappa shape index (κ3) is 7.21. The number of hydrogen-bond donors (Lipinski definition) is 0. The predicted octanol–water partition coefficient (Wildman–Crippen LogP) is -5.20. The van der Waals surface area contributed by atoms with Gasteiger partial charge in [-0.25, -0.2) is 0 Å². The topological polar surface area (TPSA) is 0 Å². The third-order valence-corrected chi connectivity index (χ3v) is 3.62. The third-order valence-electron chi connectivity index (χ3n) is 2.24. The SMILES string of the molecule is CCCC1=C[C]([Zr+3])(CCC)C=C1.[Cl-].[Cl-].[Cl-]. The summed E-state index contributed by atoms with van der Waals surface area (Å²) in [6, 6.07) is 0. The molecule has 0 aromatic rings. The molecule has 86 valence electrons. The van der Waals surface area contributed by atoms with Gasteiger partial charge in [0.05, 0.1) is 0 Å². The molecule has 4 heteroatoms. The van der Waals surface area contributed by atoms with Crippen molar-refractivity contribution in [1.82, 2.24) is 0 Å². The van der Waals surface area contributed by atoms with E-state index in [9.17, 15) is 0 Å². The van der Waals surface area contributed by atoms with E-state index in [0.29, 0.717) is 3.12 Å². The summed E-state index contributed by atoms with van der Waals surface area (Å²) in [6.45, 7) is 4.52. The van der Waals surface area contributed by atoms with Crippen LogP contribution in [-0.4, -0.2) is 0 Å². The first-order valence-electron chi connectivity index (χ1n) is 4.86. The first-order chi connectivity index (χ1) is 5.70. The van der Waals surface area contributed by atoms with Gasteiger partial charge in [-0.15, -0.1) is 0 Å².